The van der Waals surface area contributed by atoms with Crippen LogP contribution >= 0.6 is 0 Å². The predicted molar refractivity (Wildman–Crippen MR) is 62.0 cm³/mol. The number of aliphatic carboxylic acids is 1. The largest absolute Gasteiger partial charge is 0.480 e. The number of carboxylic acids is 1. The first-order chi connectivity index (χ1) is 7.50. The third kappa shape index (κ3) is 2.58. The van der Waals surface area contributed by atoms with Crippen molar-refractivity contribution >= 4 is 5.97 Å². The predicted octanol–water partition coefficient (Wildman–Crippen LogP) is 1.77. The molecule has 1 rings (SSSR count). The fourth-order valence-electron chi connectivity index (χ4n) is 1.49. The van der Waals surface area contributed by atoms with Gasteiger partial charge >= 0.3 is 5.97 Å². The summed E-state index contributed by atoms with van der Waals surface area (Å²) in [5.74, 6) is -0.798. The van der Waals surface area contributed by atoms with Crippen LogP contribution in [0.3, 0.4) is 0 Å². The number of aromatic nitrogens is 1. The highest BCUT2D eigenvalue weighted by atomic mass is 16.4. The van der Waals surface area contributed by atoms with Crippen LogP contribution in [0.4, 0.5) is 0 Å². The van der Waals surface area contributed by atoms with Gasteiger partial charge in [0.2, 0.25) is 0 Å². The Morgan fingerprint density at radius 3 is 2.69 bits per heavy atom. The molecule has 0 bridgehead atoms. The zero-order chi connectivity index (χ0) is 12.2. The van der Waals surface area contributed by atoms with Gasteiger partial charge in [0.1, 0.15) is 5.54 Å². The summed E-state index contributed by atoms with van der Waals surface area (Å²) in [4.78, 5) is 17.2. The number of carbonyl (C=O) groups is 1. The monoisotopic (exact) mass is 222 g/mol. The Bertz CT molecular complexity index is 353. The number of rotatable bonds is 5. The van der Waals surface area contributed by atoms with Crippen molar-refractivity contribution in [2.45, 2.75) is 32.4 Å². The fourth-order valence-corrected chi connectivity index (χ4v) is 1.49. The second kappa shape index (κ2) is 5.07. The number of carboxylic acid groups (broad SMARTS) is 1. The molecule has 4 heteroatoms. The molecule has 0 aliphatic carbocycles. The normalized spacial score (nSPS) is 14.8. The molecule has 1 aromatic rings. The third-order valence-corrected chi connectivity index (χ3v) is 3.12. The lowest BCUT2D eigenvalue weighted by Gasteiger charge is -2.33. The van der Waals surface area contributed by atoms with E-state index in [1.54, 1.807) is 13.1 Å². The van der Waals surface area contributed by atoms with Crippen molar-refractivity contribution in [1.29, 1.82) is 0 Å². The molecule has 1 atom stereocenters. The second-order valence-corrected chi connectivity index (χ2v) is 4.11. The molecule has 0 aliphatic rings. The summed E-state index contributed by atoms with van der Waals surface area (Å²) >= 11 is 0. The second-order valence-electron chi connectivity index (χ2n) is 4.11. The molecule has 0 fully saturated rings. The standard InChI is InChI=1S/C12H18N2O2/c1-4-12(2,11(15)16)14(3)9-10-7-5-6-8-13-10/h5-8H,4,9H2,1-3H3,(H,15,16). The van der Waals surface area contributed by atoms with Crippen LogP contribution in [0.15, 0.2) is 24.4 Å². The minimum absolute atomic E-state index is 0.539. The molecule has 0 amide bonds. The van der Waals surface area contributed by atoms with Crippen LogP contribution < -0.4 is 0 Å². The highest BCUT2D eigenvalue weighted by molar-refractivity contribution is 5.78. The summed E-state index contributed by atoms with van der Waals surface area (Å²) in [5, 5.41) is 9.22. The molecule has 1 aromatic heterocycles. The van der Waals surface area contributed by atoms with Crippen molar-refractivity contribution in [3.63, 3.8) is 0 Å². The first-order valence-electron chi connectivity index (χ1n) is 5.35. The summed E-state index contributed by atoms with van der Waals surface area (Å²) in [5.41, 5.74) is 0.0447. The number of likely N-dealkylation sites (N-methyl/N-ethyl adjacent to an activating group) is 1. The van der Waals surface area contributed by atoms with Gasteiger partial charge in [0.15, 0.2) is 0 Å². The van der Waals surface area contributed by atoms with Crippen molar-refractivity contribution < 1.29 is 9.90 Å². The lowest BCUT2D eigenvalue weighted by molar-refractivity contribution is -0.150. The molecule has 0 radical (unpaired) electrons. The Hall–Kier alpha value is -1.42. The van der Waals surface area contributed by atoms with E-state index in [1.165, 1.54) is 0 Å². The summed E-state index contributed by atoms with van der Waals surface area (Å²) < 4.78 is 0. The lowest BCUT2D eigenvalue weighted by atomic mass is 9.97. The van der Waals surface area contributed by atoms with E-state index in [9.17, 15) is 9.90 Å². The molecule has 0 aliphatic heterocycles. The maximum atomic E-state index is 11.2. The van der Waals surface area contributed by atoms with Crippen molar-refractivity contribution in [2.75, 3.05) is 7.05 Å². The van der Waals surface area contributed by atoms with Crippen LogP contribution in [-0.4, -0.2) is 33.5 Å². The van der Waals surface area contributed by atoms with Crippen LogP contribution in [0.1, 0.15) is 26.0 Å². The Kier molecular flexibility index (Phi) is 4.01. The van der Waals surface area contributed by atoms with Gasteiger partial charge in [0.25, 0.3) is 0 Å². The highest BCUT2D eigenvalue weighted by Gasteiger charge is 2.35. The number of nitrogens with zero attached hydrogens (tertiary/aromatic N) is 2. The lowest BCUT2D eigenvalue weighted by Crippen LogP contribution is -2.49. The molecule has 1 heterocycles. The maximum Gasteiger partial charge on any atom is 0.323 e. The molecule has 0 aromatic carbocycles. The van der Waals surface area contributed by atoms with Crippen molar-refractivity contribution in [3.8, 4) is 0 Å². The number of hydrogen-bond donors (Lipinski definition) is 1. The summed E-state index contributed by atoms with van der Waals surface area (Å²) in [7, 11) is 1.81. The van der Waals surface area contributed by atoms with Gasteiger partial charge in [-0.2, -0.15) is 0 Å². The van der Waals surface area contributed by atoms with E-state index in [4.69, 9.17) is 0 Å². The Morgan fingerprint density at radius 1 is 1.56 bits per heavy atom. The molecule has 0 saturated carbocycles. The molecule has 0 spiro atoms. The molecule has 1 N–H and O–H groups in total. The van der Waals surface area contributed by atoms with Gasteiger partial charge in [0, 0.05) is 12.7 Å². The summed E-state index contributed by atoms with van der Waals surface area (Å²) in [6.07, 6.45) is 2.28. The van der Waals surface area contributed by atoms with E-state index in [0.717, 1.165) is 5.69 Å². The molecule has 4 nitrogen and oxygen atoms in total. The smallest absolute Gasteiger partial charge is 0.323 e. The van der Waals surface area contributed by atoms with Gasteiger partial charge in [-0.05, 0) is 32.5 Å². The Morgan fingerprint density at radius 2 is 2.25 bits per heavy atom. The number of hydrogen-bond acceptors (Lipinski definition) is 3. The molecular formula is C12H18N2O2. The van der Waals surface area contributed by atoms with Crippen molar-refractivity contribution in [1.82, 2.24) is 9.88 Å². The Balaban J connectivity index is 2.78. The van der Waals surface area contributed by atoms with E-state index >= 15 is 0 Å². The first-order valence-corrected chi connectivity index (χ1v) is 5.35. The quantitative estimate of drug-likeness (QED) is 0.825. The minimum Gasteiger partial charge on any atom is -0.480 e. The number of pyridine rings is 1. The van der Waals surface area contributed by atoms with Crippen LogP contribution in [-0.2, 0) is 11.3 Å². The van der Waals surface area contributed by atoms with Crippen LogP contribution in [0.25, 0.3) is 0 Å². The third-order valence-electron chi connectivity index (χ3n) is 3.12. The van der Waals surface area contributed by atoms with Crippen LogP contribution in [0, 0.1) is 0 Å². The van der Waals surface area contributed by atoms with Gasteiger partial charge in [-0.1, -0.05) is 13.0 Å². The summed E-state index contributed by atoms with van der Waals surface area (Å²) in [6, 6.07) is 5.65. The van der Waals surface area contributed by atoms with E-state index in [1.807, 2.05) is 37.1 Å². The van der Waals surface area contributed by atoms with E-state index < -0.39 is 11.5 Å². The van der Waals surface area contributed by atoms with E-state index in [2.05, 4.69) is 4.98 Å². The van der Waals surface area contributed by atoms with E-state index in [-0.39, 0.29) is 0 Å². The molecule has 16 heavy (non-hydrogen) atoms. The fraction of sp³-hybridized carbons (Fsp3) is 0.500. The SMILES string of the molecule is CCC(C)(C(=O)O)N(C)Cc1ccccn1. The summed E-state index contributed by atoms with van der Waals surface area (Å²) in [6.45, 7) is 4.15. The molecular weight excluding hydrogens is 204 g/mol. The zero-order valence-electron chi connectivity index (χ0n) is 9.97. The molecule has 1 unspecified atom stereocenters. The van der Waals surface area contributed by atoms with Crippen molar-refractivity contribution in [2.24, 2.45) is 0 Å². The Labute approximate surface area is 95.9 Å². The average Bonchev–Trinajstić information content (AvgIpc) is 2.28. The van der Waals surface area contributed by atoms with Gasteiger partial charge < -0.3 is 5.11 Å². The van der Waals surface area contributed by atoms with Gasteiger partial charge in [-0.25, -0.2) is 0 Å². The van der Waals surface area contributed by atoms with Crippen LogP contribution in [0.2, 0.25) is 0 Å². The van der Waals surface area contributed by atoms with Gasteiger partial charge in [0.05, 0.1) is 5.69 Å². The van der Waals surface area contributed by atoms with E-state index in [0.29, 0.717) is 13.0 Å². The first kappa shape index (κ1) is 12.6. The van der Waals surface area contributed by atoms with Crippen LogP contribution in [0.5, 0.6) is 0 Å². The maximum absolute atomic E-state index is 11.2. The topological polar surface area (TPSA) is 53.4 Å². The van der Waals surface area contributed by atoms with Gasteiger partial charge in [-0.15, -0.1) is 0 Å². The minimum atomic E-state index is -0.836. The average molecular weight is 222 g/mol. The van der Waals surface area contributed by atoms with Gasteiger partial charge in [-0.3, -0.25) is 14.7 Å². The highest BCUT2D eigenvalue weighted by Crippen LogP contribution is 2.19. The molecule has 0 saturated heterocycles. The zero-order valence-corrected chi connectivity index (χ0v) is 9.97. The molecule has 88 valence electrons. The van der Waals surface area contributed by atoms with Crippen molar-refractivity contribution in [3.05, 3.63) is 30.1 Å².